The Labute approximate surface area is 326 Å². The van der Waals surface area contributed by atoms with Gasteiger partial charge < -0.3 is 19.9 Å². The van der Waals surface area contributed by atoms with Crippen molar-refractivity contribution in [2.24, 2.45) is 5.92 Å². The van der Waals surface area contributed by atoms with Crippen molar-refractivity contribution in [1.82, 2.24) is 25.0 Å². The summed E-state index contributed by atoms with van der Waals surface area (Å²) in [7, 11) is 0. The highest BCUT2D eigenvalue weighted by Gasteiger charge is 2.42. The zero-order chi connectivity index (χ0) is 36.2. The summed E-state index contributed by atoms with van der Waals surface area (Å²) >= 11 is 20.3. The van der Waals surface area contributed by atoms with Crippen molar-refractivity contribution < 1.29 is 9.53 Å². The van der Waals surface area contributed by atoms with Gasteiger partial charge in [0, 0.05) is 70.0 Å². The highest BCUT2D eigenvalue weighted by atomic mass is 35.5. The number of carbonyl (C=O) groups excluding carboxylic acids is 1. The monoisotopic (exact) mass is 769 g/mol. The van der Waals surface area contributed by atoms with Crippen LogP contribution in [0, 0.1) is 5.92 Å². The summed E-state index contributed by atoms with van der Waals surface area (Å²) in [6.45, 7) is 7.53. The second kappa shape index (κ2) is 14.7. The van der Waals surface area contributed by atoms with E-state index in [2.05, 4.69) is 68.5 Å². The Morgan fingerprint density at radius 1 is 0.868 bits per heavy atom. The SMILES string of the molecule is CC1CC=CN2C(=C1c1ccccc1)c1c(C(=O)NC3COCC3N3CCN(C4CCCCC4)CC3)[nH]c3cc(Cl)cc(c13)C2c1ccc(Cl)cc1Cl. The van der Waals surface area contributed by atoms with Gasteiger partial charge in [0.1, 0.15) is 5.69 Å². The molecule has 53 heavy (non-hydrogen) atoms. The molecule has 5 heterocycles. The van der Waals surface area contributed by atoms with Crippen LogP contribution in [0.15, 0.2) is 72.9 Å². The average Bonchev–Trinajstić information content (AvgIpc) is 3.75. The van der Waals surface area contributed by atoms with Crippen molar-refractivity contribution >= 4 is 62.9 Å². The highest BCUT2D eigenvalue weighted by Crippen LogP contribution is 2.53. The van der Waals surface area contributed by atoms with Gasteiger partial charge in [-0.25, -0.2) is 0 Å². The first-order valence-corrected chi connectivity index (χ1v) is 20.4. The fraction of sp³-hybridized carbons (Fsp3) is 0.419. The Bertz CT molecular complexity index is 2080. The minimum Gasteiger partial charge on any atom is -0.378 e. The lowest BCUT2D eigenvalue weighted by atomic mass is 9.82. The summed E-state index contributed by atoms with van der Waals surface area (Å²) in [5, 5.41) is 6.19. The summed E-state index contributed by atoms with van der Waals surface area (Å²) in [5.41, 5.74) is 7.44. The minimum absolute atomic E-state index is 0.124. The van der Waals surface area contributed by atoms with Gasteiger partial charge in [-0.05, 0) is 71.7 Å². The number of nitrogens with one attached hydrogen (secondary N) is 2. The number of ether oxygens (including phenoxy) is 1. The van der Waals surface area contributed by atoms with E-state index in [9.17, 15) is 4.79 Å². The molecule has 1 amide bonds. The van der Waals surface area contributed by atoms with Gasteiger partial charge in [0.05, 0.1) is 37.0 Å². The predicted octanol–water partition coefficient (Wildman–Crippen LogP) is 9.40. The van der Waals surface area contributed by atoms with Crippen LogP contribution in [0.5, 0.6) is 0 Å². The number of amides is 1. The van der Waals surface area contributed by atoms with Crippen LogP contribution >= 0.6 is 34.8 Å². The van der Waals surface area contributed by atoms with E-state index in [1.807, 2.05) is 30.3 Å². The van der Waals surface area contributed by atoms with Crippen LogP contribution in [-0.2, 0) is 4.74 Å². The molecule has 0 spiro atoms. The summed E-state index contributed by atoms with van der Waals surface area (Å²) in [5.74, 6) is 0.0351. The summed E-state index contributed by atoms with van der Waals surface area (Å²) in [6, 6.07) is 20.6. The molecule has 9 rings (SSSR count). The largest absolute Gasteiger partial charge is 0.378 e. The van der Waals surface area contributed by atoms with E-state index in [-0.39, 0.29) is 30.0 Å². The van der Waals surface area contributed by atoms with E-state index < -0.39 is 0 Å². The maximum absolute atomic E-state index is 14.8. The van der Waals surface area contributed by atoms with Crippen LogP contribution in [0.4, 0.5) is 0 Å². The molecule has 1 aromatic heterocycles. The third-order valence-corrected chi connectivity index (χ3v) is 13.1. The Morgan fingerprint density at radius 3 is 2.42 bits per heavy atom. The van der Waals surface area contributed by atoms with Gasteiger partial charge in [-0.2, -0.15) is 0 Å². The Kier molecular flexibility index (Phi) is 9.85. The first kappa shape index (κ1) is 35.4. The zero-order valence-corrected chi connectivity index (χ0v) is 32.4. The number of carbonyl (C=O) groups is 1. The topological polar surface area (TPSA) is 63.8 Å². The molecule has 4 aliphatic heterocycles. The molecule has 3 fully saturated rings. The third kappa shape index (κ3) is 6.51. The number of H-pyrrole nitrogens is 1. The second-order valence-electron chi connectivity index (χ2n) is 15.5. The van der Waals surface area contributed by atoms with Crippen LogP contribution in [0.1, 0.15) is 84.2 Å². The number of benzene rings is 3. The van der Waals surface area contributed by atoms with Crippen molar-refractivity contribution in [1.29, 1.82) is 0 Å². The van der Waals surface area contributed by atoms with Crippen LogP contribution in [0.2, 0.25) is 15.1 Å². The van der Waals surface area contributed by atoms with E-state index >= 15 is 0 Å². The maximum Gasteiger partial charge on any atom is 0.268 e. The molecule has 4 atom stereocenters. The molecule has 0 bridgehead atoms. The summed E-state index contributed by atoms with van der Waals surface area (Å²) < 4.78 is 6.09. The van der Waals surface area contributed by atoms with Crippen molar-refractivity contribution in [3.05, 3.63) is 116 Å². The number of fused-ring (bicyclic) bond motifs is 2. The summed E-state index contributed by atoms with van der Waals surface area (Å²) in [6.07, 6.45) is 12.0. The molecule has 7 nitrogen and oxygen atoms in total. The number of halogens is 3. The lowest BCUT2D eigenvalue weighted by Gasteiger charge is -2.43. The lowest BCUT2D eigenvalue weighted by Crippen LogP contribution is -2.58. The van der Waals surface area contributed by atoms with Crippen LogP contribution in [0.25, 0.3) is 22.2 Å². The highest BCUT2D eigenvalue weighted by molar-refractivity contribution is 6.35. The minimum atomic E-state index is -0.310. The number of hydrogen-bond donors (Lipinski definition) is 2. The van der Waals surface area contributed by atoms with Gasteiger partial charge in [0.15, 0.2) is 0 Å². The molecule has 3 aromatic carbocycles. The number of hydrogen-bond acceptors (Lipinski definition) is 5. The number of nitrogens with zero attached hydrogens (tertiary/aromatic N) is 3. The molecule has 1 aliphatic carbocycles. The van der Waals surface area contributed by atoms with Gasteiger partial charge in [-0.15, -0.1) is 0 Å². The molecular weight excluding hydrogens is 725 g/mol. The Morgan fingerprint density at radius 2 is 1.64 bits per heavy atom. The number of rotatable bonds is 6. The first-order valence-electron chi connectivity index (χ1n) is 19.3. The average molecular weight is 771 g/mol. The molecule has 4 unspecified atom stereocenters. The maximum atomic E-state index is 14.8. The van der Waals surface area contributed by atoms with Crippen LogP contribution < -0.4 is 5.32 Å². The van der Waals surface area contributed by atoms with Gasteiger partial charge in [0.2, 0.25) is 0 Å². The van der Waals surface area contributed by atoms with E-state index in [1.165, 1.54) is 37.7 Å². The van der Waals surface area contributed by atoms with Crippen LogP contribution in [-0.4, -0.2) is 83.1 Å². The molecule has 2 saturated heterocycles. The normalized spacial score (nSPS) is 25.5. The number of aromatic amines is 1. The van der Waals surface area contributed by atoms with Crippen molar-refractivity contribution in [2.45, 2.75) is 69.6 Å². The fourth-order valence-corrected chi connectivity index (χ4v) is 10.5. The van der Waals surface area contributed by atoms with Gasteiger partial charge in [0.25, 0.3) is 5.91 Å². The van der Waals surface area contributed by atoms with Crippen molar-refractivity contribution in [2.75, 3.05) is 39.4 Å². The molecule has 10 heteroatoms. The Hall–Kier alpha value is -3.30. The first-order chi connectivity index (χ1) is 25.9. The third-order valence-electron chi connectivity index (χ3n) is 12.3. The molecule has 276 valence electrons. The quantitative estimate of drug-likeness (QED) is 0.205. The standard InChI is InChI=1S/C43H46Cl3N5O2/c1-26-9-8-16-51-41(31-15-14-28(44)22-33(31)46)32-21-29(45)23-34-38(32)39(42(51)37(26)27-10-4-2-5-11-27)40(47-34)43(52)48-35-24-53-25-36(35)50-19-17-49(18-20-50)30-12-6-3-7-13-30/h2,4-5,8,10-11,14-16,21-23,26,30,35-36,41,47H,3,6-7,9,12-13,17-20,24-25H2,1H3,(H,48,52). The number of aromatic nitrogens is 1. The zero-order valence-electron chi connectivity index (χ0n) is 30.1. The van der Waals surface area contributed by atoms with Gasteiger partial charge in [-0.3, -0.25) is 14.6 Å². The molecular formula is C43H46Cl3N5O2. The lowest BCUT2D eigenvalue weighted by molar-refractivity contribution is 0.0474. The summed E-state index contributed by atoms with van der Waals surface area (Å²) in [4.78, 5) is 26.0. The Balaban J connectivity index is 1.13. The number of allylic oxidation sites excluding steroid dienone is 2. The fourth-order valence-electron chi connectivity index (χ4n) is 9.76. The van der Waals surface area contributed by atoms with E-state index in [0.29, 0.717) is 34.0 Å². The molecule has 1 saturated carbocycles. The molecule has 0 radical (unpaired) electrons. The molecule has 2 N–H and O–H groups in total. The number of piperazine rings is 1. The van der Waals surface area contributed by atoms with Crippen molar-refractivity contribution in [3.8, 4) is 0 Å². The van der Waals surface area contributed by atoms with E-state index in [4.69, 9.17) is 39.5 Å². The molecule has 5 aliphatic rings. The van der Waals surface area contributed by atoms with E-state index in [1.54, 1.807) is 6.07 Å². The smallest absolute Gasteiger partial charge is 0.268 e. The van der Waals surface area contributed by atoms with Gasteiger partial charge in [-0.1, -0.05) is 103 Å². The van der Waals surface area contributed by atoms with E-state index in [0.717, 1.165) is 77.5 Å². The molecule has 4 aromatic rings. The van der Waals surface area contributed by atoms with Crippen LogP contribution in [0.3, 0.4) is 0 Å². The van der Waals surface area contributed by atoms with Crippen molar-refractivity contribution in [3.63, 3.8) is 0 Å². The second-order valence-corrected chi connectivity index (χ2v) is 16.7. The predicted molar refractivity (Wildman–Crippen MR) is 216 cm³/mol. The van der Waals surface area contributed by atoms with Gasteiger partial charge >= 0.3 is 0 Å².